The van der Waals surface area contributed by atoms with Gasteiger partial charge in [-0.05, 0) is 46.1 Å². The number of carbonyl (C=O) groups is 1. The minimum Gasteiger partial charge on any atom is -0.450 e. The van der Waals surface area contributed by atoms with Crippen molar-refractivity contribution >= 4 is 6.09 Å². The second kappa shape index (κ2) is 4.00. The Morgan fingerprint density at radius 2 is 2.33 bits per heavy atom. The second-order valence-electron chi connectivity index (χ2n) is 4.57. The van der Waals surface area contributed by atoms with Gasteiger partial charge >= 0.3 is 6.09 Å². The van der Waals surface area contributed by atoms with Crippen molar-refractivity contribution in [3.05, 3.63) is 0 Å². The smallest absolute Gasteiger partial charge is 0.408 e. The van der Waals surface area contributed by atoms with Crippen LogP contribution in [-0.4, -0.2) is 36.4 Å². The lowest BCUT2D eigenvalue weighted by atomic mass is 9.98. The summed E-state index contributed by atoms with van der Waals surface area (Å²) in [5, 5.41) is 3.04. The predicted octanol–water partition coefficient (Wildman–Crippen LogP) is 1.71. The van der Waals surface area contributed by atoms with Gasteiger partial charge in [-0.3, -0.25) is 4.90 Å². The third-order valence-corrected chi connectivity index (χ3v) is 3.85. The fourth-order valence-electron chi connectivity index (χ4n) is 2.96. The Balaban J connectivity index is 2.02. The Bertz CT molecular complexity index is 253. The molecule has 1 amide bonds. The Kier molecular flexibility index (Phi) is 2.87. The van der Waals surface area contributed by atoms with E-state index in [-0.39, 0.29) is 11.8 Å². The maximum atomic E-state index is 11.5. The van der Waals surface area contributed by atoms with E-state index in [2.05, 4.69) is 17.3 Å². The molecule has 2 saturated heterocycles. The number of ether oxygens (including phenoxy) is 1. The summed E-state index contributed by atoms with van der Waals surface area (Å²) in [4.78, 5) is 13.8. The highest BCUT2D eigenvalue weighted by molar-refractivity contribution is 5.68. The maximum absolute atomic E-state index is 11.5. The molecule has 2 atom stereocenters. The van der Waals surface area contributed by atoms with E-state index in [9.17, 15) is 4.79 Å². The predicted molar refractivity (Wildman–Crippen MR) is 57.5 cm³/mol. The Morgan fingerprint density at radius 3 is 3.07 bits per heavy atom. The Hall–Kier alpha value is -0.770. The van der Waals surface area contributed by atoms with Crippen LogP contribution in [-0.2, 0) is 4.74 Å². The quantitative estimate of drug-likeness (QED) is 0.757. The van der Waals surface area contributed by atoms with Gasteiger partial charge in [-0.2, -0.15) is 0 Å². The summed E-state index contributed by atoms with van der Waals surface area (Å²) >= 11 is 0. The number of carbonyl (C=O) groups excluding carboxylic acids is 1. The first-order chi connectivity index (χ1) is 7.18. The van der Waals surface area contributed by atoms with E-state index < -0.39 is 0 Å². The lowest BCUT2D eigenvalue weighted by molar-refractivity contribution is 0.0448. The normalized spacial score (nSPS) is 35.2. The molecule has 2 heterocycles. The molecule has 4 heteroatoms. The van der Waals surface area contributed by atoms with Crippen LogP contribution in [0.2, 0.25) is 0 Å². The number of alkyl carbamates (subject to hydrolysis) is 1. The number of hydrogen-bond donors (Lipinski definition) is 1. The van der Waals surface area contributed by atoms with Gasteiger partial charge in [0.25, 0.3) is 0 Å². The van der Waals surface area contributed by atoms with Gasteiger partial charge in [-0.15, -0.1) is 0 Å². The van der Waals surface area contributed by atoms with Crippen LogP contribution in [0.25, 0.3) is 0 Å². The minimum absolute atomic E-state index is 0.116. The summed E-state index contributed by atoms with van der Waals surface area (Å²) in [5.74, 6) is 0. The van der Waals surface area contributed by atoms with Crippen molar-refractivity contribution in [2.75, 3.05) is 13.7 Å². The molecule has 86 valence electrons. The van der Waals surface area contributed by atoms with Crippen LogP contribution in [0.4, 0.5) is 4.79 Å². The zero-order valence-corrected chi connectivity index (χ0v) is 9.58. The summed E-state index contributed by atoms with van der Waals surface area (Å²) in [6.07, 6.45) is 5.52. The van der Waals surface area contributed by atoms with Crippen molar-refractivity contribution in [2.45, 2.75) is 50.7 Å². The number of nitrogens with one attached hydrogen (secondary N) is 1. The molecule has 2 aliphatic heterocycles. The third kappa shape index (κ3) is 1.83. The number of rotatable bonds is 2. The summed E-state index contributed by atoms with van der Waals surface area (Å²) in [6, 6.07) is 0.653. The molecule has 15 heavy (non-hydrogen) atoms. The second-order valence-corrected chi connectivity index (χ2v) is 4.57. The Morgan fingerprint density at radius 1 is 1.53 bits per heavy atom. The van der Waals surface area contributed by atoms with Crippen LogP contribution in [0.1, 0.15) is 39.0 Å². The summed E-state index contributed by atoms with van der Waals surface area (Å²) in [6.45, 7) is 2.27. The minimum atomic E-state index is -0.271. The molecule has 2 aliphatic rings. The SMILES string of the molecule is CCOC(=O)NC12CCCC(CC1)N2C. The first kappa shape index (κ1) is 10.7. The molecule has 1 N–H and O–H groups in total. The fourth-order valence-corrected chi connectivity index (χ4v) is 2.96. The lowest BCUT2D eigenvalue weighted by Gasteiger charge is -2.42. The molecule has 0 radical (unpaired) electrons. The van der Waals surface area contributed by atoms with E-state index in [4.69, 9.17) is 4.74 Å². The van der Waals surface area contributed by atoms with E-state index in [0.29, 0.717) is 12.6 Å². The molecule has 0 aromatic carbocycles. The van der Waals surface area contributed by atoms with Gasteiger partial charge in [0.2, 0.25) is 0 Å². The zero-order chi connectivity index (χ0) is 10.9. The molecular weight excluding hydrogens is 192 g/mol. The molecule has 2 unspecified atom stereocenters. The topological polar surface area (TPSA) is 41.6 Å². The highest BCUT2D eigenvalue weighted by Crippen LogP contribution is 2.40. The van der Waals surface area contributed by atoms with Gasteiger partial charge in [0.1, 0.15) is 0 Å². The number of nitrogens with zero attached hydrogens (tertiary/aromatic N) is 1. The van der Waals surface area contributed by atoms with Crippen LogP contribution in [0.15, 0.2) is 0 Å². The Labute approximate surface area is 91.0 Å². The van der Waals surface area contributed by atoms with Crippen molar-refractivity contribution in [1.82, 2.24) is 10.2 Å². The van der Waals surface area contributed by atoms with Gasteiger partial charge in [0.15, 0.2) is 0 Å². The number of amides is 1. The van der Waals surface area contributed by atoms with Crippen molar-refractivity contribution in [3.8, 4) is 0 Å². The van der Waals surface area contributed by atoms with Crippen molar-refractivity contribution in [2.24, 2.45) is 0 Å². The van der Waals surface area contributed by atoms with Crippen LogP contribution in [0.5, 0.6) is 0 Å². The van der Waals surface area contributed by atoms with Crippen molar-refractivity contribution in [3.63, 3.8) is 0 Å². The average molecular weight is 212 g/mol. The highest BCUT2D eigenvalue weighted by Gasteiger charge is 2.47. The standard InChI is InChI=1S/C11H20N2O2/c1-3-15-10(14)12-11-7-4-5-9(6-8-11)13(11)2/h9H,3-8H2,1-2H3,(H,12,14). The molecule has 0 aromatic heterocycles. The van der Waals surface area contributed by atoms with Gasteiger partial charge in [0.05, 0.1) is 12.3 Å². The molecular formula is C11H20N2O2. The molecule has 2 rings (SSSR count). The molecule has 0 aromatic rings. The monoisotopic (exact) mass is 212 g/mol. The van der Waals surface area contributed by atoms with E-state index in [1.807, 2.05) is 6.92 Å². The highest BCUT2D eigenvalue weighted by atomic mass is 16.5. The molecule has 2 bridgehead atoms. The van der Waals surface area contributed by atoms with Gasteiger partial charge < -0.3 is 10.1 Å². The summed E-state index contributed by atoms with van der Waals surface area (Å²) in [7, 11) is 2.11. The molecule has 4 nitrogen and oxygen atoms in total. The van der Waals surface area contributed by atoms with E-state index in [1.165, 1.54) is 19.3 Å². The first-order valence-electron chi connectivity index (χ1n) is 5.86. The summed E-state index contributed by atoms with van der Waals surface area (Å²) in [5.41, 5.74) is -0.116. The van der Waals surface area contributed by atoms with Crippen LogP contribution >= 0.6 is 0 Å². The summed E-state index contributed by atoms with van der Waals surface area (Å²) < 4.78 is 4.96. The van der Waals surface area contributed by atoms with E-state index in [1.54, 1.807) is 0 Å². The van der Waals surface area contributed by atoms with Crippen LogP contribution in [0.3, 0.4) is 0 Å². The number of hydrogen-bond acceptors (Lipinski definition) is 3. The van der Waals surface area contributed by atoms with Crippen LogP contribution < -0.4 is 5.32 Å². The lowest BCUT2D eigenvalue weighted by Crippen LogP contribution is -2.59. The third-order valence-electron chi connectivity index (χ3n) is 3.85. The van der Waals surface area contributed by atoms with E-state index >= 15 is 0 Å². The van der Waals surface area contributed by atoms with Crippen molar-refractivity contribution in [1.29, 1.82) is 0 Å². The van der Waals surface area contributed by atoms with E-state index in [0.717, 1.165) is 12.8 Å². The van der Waals surface area contributed by atoms with Crippen molar-refractivity contribution < 1.29 is 9.53 Å². The number of piperidine rings is 1. The van der Waals surface area contributed by atoms with Crippen LogP contribution in [0, 0.1) is 0 Å². The number of fused-ring (bicyclic) bond motifs is 2. The van der Waals surface area contributed by atoms with Gasteiger partial charge in [-0.25, -0.2) is 4.79 Å². The molecule has 0 aliphatic carbocycles. The fraction of sp³-hybridized carbons (Fsp3) is 0.909. The molecule has 0 spiro atoms. The first-order valence-corrected chi connectivity index (χ1v) is 5.86. The van der Waals surface area contributed by atoms with Gasteiger partial charge in [-0.1, -0.05) is 0 Å². The molecule has 0 saturated carbocycles. The molecule has 2 fully saturated rings. The largest absolute Gasteiger partial charge is 0.450 e. The average Bonchev–Trinajstić information content (AvgIpc) is 2.39. The zero-order valence-electron chi connectivity index (χ0n) is 9.58. The maximum Gasteiger partial charge on any atom is 0.408 e. The van der Waals surface area contributed by atoms with Gasteiger partial charge in [0, 0.05) is 6.04 Å².